The minimum Gasteiger partial charge on any atom is -0.324 e. The molecule has 19 heavy (non-hydrogen) atoms. The van der Waals surface area contributed by atoms with E-state index in [4.69, 9.17) is 0 Å². The number of benzene rings is 1. The first-order valence-electron chi connectivity index (χ1n) is 7.00. The van der Waals surface area contributed by atoms with Crippen LogP contribution in [0.5, 0.6) is 0 Å². The summed E-state index contributed by atoms with van der Waals surface area (Å²) in [5, 5.41) is 6.51. The van der Waals surface area contributed by atoms with Gasteiger partial charge in [0.2, 0.25) is 5.91 Å². The van der Waals surface area contributed by atoms with E-state index in [9.17, 15) is 4.79 Å². The number of nitrogens with one attached hydrogen (secondary N) is 2. The lowest BCUT2D eigenvalue weighted by Gasteiger charge is -2.29. The van der Waals surface area contributed by atoms with Crippen LogP contribution >= 0.6 is 15.9 Å². The van der Waals surface area contributed by atoms with E-state index in [0.29, 0.717) is 6.04 Å². The van der Waals surface area contributed by atoms with E-state index in [1.807, 2.05) is 18.2 Å². The summed E-state index contributed by atoms with van der Waals surface area (Å²) >= 11 is 3.56. The van der Waals surface area contributed by atoms with Gasteiger partial charge in [0.05, 0.1) is 0 Å². The molecular formula is C15H19BrN2O. The fourth-order valence-corrected chi connectivity index (χ4v) is 3.85. The standard InChI is InChI=1S/C15H19BrN2O/c1-9-4-2-5-10(8-9)17-14-13-11(16)6-3-7-12(13)18-15(14)19/h3,6-7,9-10,14,17H,2,4-5,8H2,1H3,(H,18,19). The predicted octanol–water partition coefficient (Wildman–Crippen LogP) is 3.61. The molecule has 0 saturated heterocycles. The maximum absolute atomic E-state index is 12.1. The van der Waals surface area contributed by atoms with E-state index in [0.717, 1.165) is 21.6 Å². The first-order chi connectivity index (χ1) is 9.15. The third kappa shape index (κ3) is 2.56. The van der Waals surface area contributed by atoms with Crippen LogP contribution in [-0.2, 0) is 4.79 Å². The Kier molecular flexibility index (Phi) is 3.63. The first kappa shape index (κ1) is 13.1. The number of fused-ring (bicyclic) bond motifs is 1. The van der Waals surface area contributed by atoms with Gasteiger partial charge in [-0.3, -0.25) is 10.1 Å². The Balaban J connectivity index is 1.80. The van der Waals surface area contributed by atoms with Gasteiger partial charge >= 0.3 is 0 Å². The summed E-state index contributed by atoms with van der Waals surface area (Å²) in [6.07, 6.45) is 4.92. The van der Waals surface area contributed by atoms with Gasteiger partial charge in [-0.15, -0.1) is 0 Å². The lowest BCUT2D eigenvalue weighted by Crippen LogP contribution is -2.39. The van der Waals surface area contributed by atoms with Gasteiger partial charge in [0.1, 0.15) is 6.04 Å². The van der Waals surface area contributed by atoms with Gasteiger partial charge in [-0.2, -0.15) is 0 Å². The molecule has 0 bridgehead atoms. The molecule has 1 aromatic carbocycles. The van der Waals surface area contributed by atoms with Gasteiger partial charge in [-0.1, -0.05) is 41.8 Å². The van der Waals surface area contributed by atoms with Crippen LogP contribution in [0.25, 0.3) is 0 Å². The number of carbonyl (C=O) groups excluding carboxylic acids is 1. The summed E-state index contributed by atoms with van der Waals surface area (Å²) in [6, 6.07) is 6.16. The maximum Gasteiger partial charge on any atom is 0.246 e. The van der Waals surface area contributed by atoms with Crippen molar-refractivity contribution in [2.24, 2.45) is 5.92 Å². The lowest BCUT2D eigenvalue weighted by atomic mass is 9.86. The Morgan fingerprint density at radius 3 is 3.00 bits per heavy atom. The van der Waals surface area contributed by atoms with Crippen LogP contribution in [0.1, 0.15) is 44.2 Å². The van der Waals surface area contributed by atoms with Crippen LogP contribution in [0.4, 0.5) is 5.69 Å². The van der Waals surface area contributed by atoms with Gasteiger partial charge in [-0.25, -0.2) is 0 Å². The van der Waals surface area contributed by atoms with E-state index < -0.39 is 0 Å². The van der Waals surface area contributed by atoms with Crippen molar-refractivity contribution in [3.63, 3.8) is 0 Å². The highest BCUT2D eigenvalue weighted by Crippen LogP contribution is 2.37. The van der Waals surface area contributed by atoms with Crippen molar-refractivity contribution in [1.29, 1.82) is 0 Å². The van der Waals surface area contributed by atoms with Crippen molar-refractivity contribution in [3.8, 4) is 0 Å². The fraction of sp³-hybridized carbons (Fsp3) is 0.533. The van der Waals surface area contributed by atoms with Crippen molar-refractivity contribution in [2.75, 3.05) is 5.32 Å². The largest absolute Gasteiger partial charge is 0.324 e. The van der Waals surface area contributed by atoms with Crippen LogP contribution in [0.2, 0.25) is 0 Å². The van der Waals surface area contributed by atoms with Crippen molar-refractivity contribution in [1.82, 2.24) is 5.32 Å². The second-order valence-corrected chi connectivity index (χ2v) is 6.61. The zero-order chi connectivity index (χ0) is 13.4. The smallest absolute Gasteiger partial charge is 0.246 e. The van der Waals surface area contributed by atoms with E-state index in [-0.39, 0.29) is 11.9 Å². The van der Waals surface area contributed by atoms with Crippen LogP contribution in [0.15, 0.2) is 22.7 Å². The number of anilines is 1. The Hall–Kier alpha value is -0.870. The molecule has 3 rings (SSSR count). The monoisotopic (exact) mass is 322 g/mol. The minimum absolute atomic E-state index is 0.0696. The zero-order valence-electron chi connectivity index (χ0n) is 11.1. The second-order valence-electron chi connectivity index (χ2n) is 5.76. The van der Waals surface area contributed by atoms with Crippen molar-refractivity contribution < 1.29 is 4.79 Å². The van der Waals surface area contributed by atoms with Gasteiger partial charge in [0.15, 0.2) is 0 Å². The molecule has 1 aromatic rings. The highest BCUT2D eigenvalue weighted by Gasteiger charge is 2.34. The van der Waals surface area contributed by atoms with Crippen LogP contribution in [0.3, 0.4) is 0 Å². The number of carbonyl (C=O) groups is 1. The summed E-state index contributed by atoms with van der Waals surface area (Å²) in [5.41, 5.74) is 1.99. The summed E-state index contributed by atoms with van der Waals surface area (Å²) < 4.78 is 1.00. The van der Waals surface area contributed by atoms with Gasteiger partial charge in [0, 0.05) is 21.8 Å². The lowest BCUT2D eigenvalue weighted by molar-refractivity contribution is -0.118. The first-order valence-corrected chi connectivity index (χ1v) is 7.80. The molecule has 1 aliphatic heterocycles. The average Bonchev–Trinajstić information content (AvgIpc) is 2.67. The summed E-state index contributed by atoms with van der Waals surface area (Å²) in [4.78, 5) is 12.1. The average molecular weight is 323 g/mol. The summed E-state index contributed by atoms with van der Waals surface area (Å²) in [7, 11) is 0. The molecule has 1 heterocycles. The Bertz CT molecular complexity index is 503. The molecule has 1 fully saturated rings. The fourth-order valence-electron chi connectivity index (χ4n) is 3.26. The molecule has 0 aromatic heterocycles. The van der Waals surface area contributed by atoms with Crippen LogP contribution < -0.4 is 10.6 Å². The summed E-state index contributed by atoms with van der Waals surface area (Å²) in [6.45, 7) is 2.30. The molecule has 1 amide bonds. The minimum atomic E-state index is -0.208. The second kappa shape index (κ2) is 5.25. The van der Waals surface area contributed by atoms with Crippen LogP contribution in [0, 0.1) is 5.92 Å². The van der Waals surface area contributed by atoms with E-state index >= 15 is 0 Å². The third-order valence-corrected chi connectivity index (χ3v) is 4.89. The normalized spacial score (nSPS) is 30.0. The SMILES string of the molecule is CC1CCCC(NC2C(=O)Nc3cccc(Br)c32)C1. The molecule has 0 spiro atoms. The molecule has 0 radical (unpaired) electrons. The van der Waals surface area contributed by atoms with E-state index in [2.05, 4.69) is 33.5 Å². The Morgan fingerprint density at radius 1 is 1.37 bits per heavy atom. The molecule has 1 saturated carbocycles. The van der Waals surface area contributed by atoms with Gasteiger partial charge in [-0.05, 0) is 30.9 Å². The van der Waals surface area contributed by atoms with Crippen molar-refractivity contribution in [2.45, 2.75) is 44.7 Å². The molecule has 4 heteroatoms. The molecule has 2 aliphatic rings. The van der Waals surface area contributed by atoms with E-state index in [1.54, 1.807) is 0 Å². The molecule has 3 atom stereocenters. The number of amides is 1. The highest BCUT2D eigenvalue weighted by molar-refractivity contribution is 9.10. The molecular weight excluding hydrogens is 304 g/mol. The number of rotatable bonds is 2. The maximum atomic E-state index is 12.1. The number of hydrogen-bond donors (Lipinski definition) is 2. The van der Waals surface area contributed by atoms with Gasteiger partial charge in [0.25, 0.3) is 0 Å². The highest BCUT2D eigenvalue weighted by atomic mass is 79.9. The number of hydrogen-bond acceptors (Lipinski definition) is 2. The topological polar surface area (TPSA) is 41.1 Å². The predicted molar refractivity (Wildman–Crippen MR) is 80.1 cm³/mol. The molecule has 102 valence electrons. The van der Waals surface area contributed by atoms with E-state index in [1.165, 1.54) is 25.7 Å². The number of halogens is 1. The van der Waals surface area contributed by atoms with Crippen molar-refractivity contribution in [3.05, 3.63) is 28.2 Å². The molecule has 3 nitrogen and oxygen atoms in total. The summed E-state index contributed by atoms with van der Waals surface area (Å²) in [5.74, 6) is 0.828. The quantitative estimate of drug-likeness (QED) is 0.873. The van der Waals surface area contributed by atoms with Crippen molar-refractivity contribution >= 4 is 27.5 Å². The Labute approximate surface area is 122 Å². The third-order valence-electron chi connectivity index (χ3n) is 4.20. The van der Waals surface area contributed by atoms with Gasteiger partial charge < -0.3 is 5.32 Å². The molecule has 1 aliphatic carbocycles. The molecule has 3 unspecified atom stereocenters. The zero-order valence-corrected chi connectivity index (χ0v) is 12.7. The Morgan fingerprint density at radius 2 is 2.21 bits per heavy atom. The van der Waals surface area contributed by atoms with Crippen LogP contribution in [-0.4, -0.2) is 11.9 Å². The molecule has 2 N–H and O–H groups in total.